The van der Waals surface area contributed by atoms with Crippen molar-refractivity contribution in [2.24, 2.45) is 0 Å². The number of aliphatic hydroxyl groups excluding tert-OH is 1. The van der Waals surface area contributed by atoms with Crippen molar-refractivity contribution in [1.82, 2.24) is 10.3 Å². The van der Waals surface area contributed by atoms with Crippen molar-refractivity contribution >= 4 is 0 Å². The van der Waals surface area contributed by atoms with Crippen LogP contribution in [0, 0.1) is 11.3 Å². The molecule has 0 aliphatic heterocycles. The lowest BCUT2D eigenvalue weighted by atomic mass is 10.1. The van der Waals surface area contributed by atoms with E-state index in [9.17, 15) is 0 Å². The van der Waals surface area contributed by atoms with Gasteiger partial charge in [-0.25, -0.2) is 4.98 Å². The number of pyridine rings is 1. The van der Waals surface area contributed by atoms with Gasteiger partial charge in [-0.2, -0.15) is 5.26 Å². The highest BCUT2D eigenvalue weighted by molar-refractivity contribution is 5.30. The molecule has 15 heavy (non-hydrogen) atoms. The predicted molar refractivity (Wildman–Crippen MR) is 57.0 cm³/mol. The molecule has 0 aliphatic rings. The molecule has 0 aliphatic carbocycles. The summed E-state index contributed by atoms with van der Waals surface area (Å²) in [5, 5.41) is 21.0. The average molecular weight is 205 g/mol. The van der Waals surface area contributed by atoms with Crippen LogP contribution in [0.15, 0.2) is 18.3 Å². The summed E-state index contributed by atoms with van der Waals surface area (Å²) in [6, 6.07) is 5.68. The van der Waals surface area contributed by atoms with Gasteiger partial charge in [0.1, 0.15) is 11.8 Å². The highest BCUT2D eigenvalue weighted by atomic mass is 16.3. The number of hydrogen-bond acceptors (Lipinski definition) is 4. The lowest BCUT2D eigenvalue weighted by Gasteiger charge is -2.23. The van der Waals surface area contributed by atoms with Gasteiger partial charge in [0.05, 0.1) is 6.61 Å². The molecule has 1 aromatic rings. The molecule has 0 aromatic carbocycles. The first-order valence-electron chi connectivity index (χ1n) is 4.79. The maximum Gasteiger partial charge on any atom is 0.144 e. The second-order valence-corrected chi connectivity index (χ2v) is 4.02. The Balaban J connectivity index is 2.70. The Labute approximate surface area is 89.6 Å². The van der Waals surface area contributed by atoms with E-state index in [4.69, 9.17) is 10.4 Å². The van der Waals surface area contributed by atoms with Crippen LogP contribution in [-0.4, -0.2) is 22.2 Å². The molecule has 0 fully saturated rings. The molecule has 0 saturated heterocycles. The second kappa shape index (κ2) is 4.87. The topological polar surface area (TPSA) is 68.9 Å². The van der Waals surface area contributed by atoms with Crippen LogP contribution in [0.25, 0.3) is 0 Å². The fourth-order valence-corrected chi connectivity index (χ4v) is 1.07. The molecule has 0 spiro atoms. The summed E-state index contributed by atoms with van der Waals surface area (Å²) in [4.78, 5) is 3.96. The van der Waals surface area contributed by atoms with Crippen LogP contribution in [0.4, 0.5) is 0 Å². The summed E-state index contributed by atoms with van der Waals surface area (Å²) in [7, 11) is 0. The summed E-state index contributed by atoms with van der Waals surface area (Å²) in [5.41, 5.74) is 0.933. The number of aliphatic hydroxyl groups is 1. The number of nitrogens with one attached hydrogen (secondary N) is 1. The van der Waals surface area contributed by atoms with Crippen molar-refractivity contribution in [2.75, 3.05) is 6.61 Å². The van der Waals surface area contributed by atoms with Crippen LogP contribution in [0.2, 0.25) is 0 Å². The quantitative estimate of drug-likeness (QED) is 0.763. The maximum atomic E-state index is 9.06. The van der Waals surface area contributed by atoms with Gasteiger partial charge in [-0.05, 0) is 19.9 Å². The van der Waals surface area contributed by atoms with Gasteiger partial charge in [0.25, 0.3) is 0 Å². The third-order valence-electron chi connectivity index (χ3n) is 2.15. The standard InChI is InChI=1S/C11H15N3O/c1-11(2,8-15)14-7-9-4-3-5-13-10(9)6-12/h3-5,14-15H,7-8H2,1-2H3. The average Bonchev–Trinajstić information content (AvgIpc) is 2.27. The van der Waals surface area contributed by atoms with Crippen molar-refractivity contribution in [2.45, 2.75) is 25.9 Å². The van der Waals surface area contributed by atoms with Gasteiger partial charge in [0.2, 0.25) is 0 Å². The van der Waals surface area contributed by atoms with Gasteiger partial charge in [0, 0.05) is 23.8 Å². The molecule has 0 unspecified atom stereocenters. The number of hydrogen-bond donors (Lipinski definition) is 2. The summed E-state index contributed by atoms with van der Waals surface area (Å²) in [6.45, 7) is 4.38. The summed E-state index contributed by atoms with van der Waals surface area (Å²) in [5.74, 6) is 0. The number of nitrogens with zero attached hydrogens (tertiary/aromatic N) is 2. The van der Waals surface area contributed by atoms with Crippen molar-refractivity contribution in [1.29, 1.82) is 5.26 Å². The van der Waals surface area contributed by atoms with Crippen LogP contribution in [0.3, 0.4) is 0 Å². The van der Waals surface area contributed by atoms with E-state index in [1.165, 1.54) is 0 Å². The molecule has 0 atom stereocenters. The van der Waals surface area contributed by atoms with Gasteiger partial charge in [-0.1, -0.05) is 6.07 Å². The Morgan fingerprint density at radius 1 is 1.60 bits per heavy atom. The number of rotatable bonds is 4. The lowest BCUT2D eigenvalue weighted by molar-refractivity contribution is 0.187. The first kappa shape index (κ1) is 11.6. The molecule has 0 saturated carbocycles. The Morgan fingerprint density at radius 3 is 2.93 bits per heavy atom. The van der Waals surface area contributed by atoms with E-state index in [1.54, 1.807) is 12.3 Å². The third kappa shape index (κ3) is 3.31. The molecule has 2 N–H and O–H groups in total. The highest BCUT2D eigenvalue weighted by Gasteiger charge is 2.15. The zero-order valence-electron chi connectivity index (χ0n) is 8.99. The smallest absolute Gasteiger partial charge is 0.144 e. The van der Waals surface area contributed by atoms with Crippen LogP contribution in [0.1, 0.15) is 25.1 Å². The molecule has 1 aromatic heterocycles. The molecule has 80 valence electrons. The summed E-state index contributed by atoms with van der Waals surface area (Å²) >= 11 is 0. The van der Waals surface area contributed by atoms with Gasteiger partial charge in [0.15, 0.2) is 0 Å². The molecule has 4 nitrogen and oxygen atoms in total. The first-order valence-corrected chi connectivity index (χ1v) is 4.79. The van der Waals surface area contributed by atoms with Crippen molar-refractivity contribution < 1.29 is 5.11 Å². The molecule has 1 heterocycles. The van der Waals surface area contributed by atoms with Crippen molar-refractivity contribution in [3.8, 4) is 6.07 Å². The van der Waals surface area contributed by atoms with Gasteiger partial charge < -0.3 is 10.4 Å². The van der Waals surface area contributed by atoms with Crippen LogP contribution in [-0.2, 0) is 6.54 Å². The van der Waals surface area contributed by atoms with E-state index < -0.39 is 0 Å². The fraction of sp³-hybridized carbons (Fsp3) is 0.455. The SMILES string of the molecule is CC(C)(CO)NCc1cccnc1C#N. The minimum Gasteiger partial charge on any atom is -0.394 e. The molecule has 1 rings (SSSR count). The molecule has 0 bridgehead atoms. The van der Waals surface area contributed by atoms with E-state index in [2.05, 4.69) is 10.3 Å². The molecule has 0 radical (unpaired) electrons. The van der Waals surface area contributed by atoms with Gasteiger partial charge >= 0.3 is 0 Å². The van der Waals surface area contributed by atoms with Gasteiger partial charge in [-0.3, -0.25) is 0 Å². The fourth-order valence-electron chi connectivity index (χ4n) is 1.07. The normalized spacial score (nSPS) is 11.1. The van der Waals surface area contributed by atoms with Gasteiger partial charge in [-0.15, -0.1) is 0 Å². The summed E-state index contributed by atoms with van der Waals surface area (Å²) < 4.78 is 0. The molecular weight excluding hydrogens is 190 g/mol. The monoisotopic (exact) mass is 205 g/mol. The van der Waals surface area contributed by atoms with E-state index in [0.29, 0.717) is 12.2 Å². The molecule has 0 amide bonds. The van der Waals surface area contributed by atoms with Crippen LogP contribution >= 0.6 is 0 Å². The Hall–Kier alpha value is -1.44. The third-order valence-corrected chi connectivity index (χ3v) is 2.15. The zero-order valence-corrected chi connectivity index (χ0v) is 8.99. The van der Waals surface area contributed by atoms with Crippen LogP contribution < -0.4 is 5.32 Å². The van der Waals surface area contributed by atoms with Crippen LogP contribution in [0.5, 0.6) is 0 Å². The minimum atomic E-state index is -0.345. The first-order chi connectivity index (χ1) is 7.09. The zero-order chi connectivity index (χ0) is 11.3. The molecular formula is C11H15N3O. The van der Waals surface area contributed by atoms with E-state index in [0.717, 1.165) is 5.56 Å². The summed E-state index contributed by atoms with van der Waals surface area (Å²) in [6.07, 6.45) is 1.60. The van der Waals surface area contributed by atoms with Crippen molar-refractivity contribution in [3.05, 3.63) is 29.6 Å². The lowest BCUT2D eigenvalue weighted by Crippen LogP contribution is -2.42. The van der Waals surface area contributed by atoms with E-state index in [1.807, 2.05) is 26.0 Å². The maximum absolute atomic E-state index is 9.06. The highest BCUT2D eigenvalue weighted by Crippen LogP contribution is 2.07. The van der Waals surface area contributed by atoms with Crippen molar-refractivity contribution in [3.63, 3.8) is 0 Å². The number of aromatic nitrogens is 1. The van der Waals surface area contributed by atoms with E-state index >= 15 is 0 Å². The Bertz CT molecular complexity index is 368. The number of nitriles is 1. The Morgan fingerprint density at radius 2 is 2.33 bits per heavy atom. The Kier molecular flexibility index (Phi) is 3.78. The predicted octanol–water partition coefficient (Wildman–Crippen LogP) is 0.814. The van der Waals surface area contributed by atoms with E-state index in [-0.39, 0.29) is 12.1 Å². The minimum absolute atomic E-state index is 0.0507. The molecule has 4 heteroatoms. The second-order valence-electron chi connectivity index (χ2n) is 4.02. The largest absolute Gasteiger partial charge is 0.394 e.